The fourth-order valence-corrected chi connectivity index (χ4v) is 4.54. The summed E-state index contributed by atoms with van der Waals surface area (Å²) in [4.78, 5) is 28.8. The van der Waals surface area contributed by atoms with Gasteiger partial charge in [-0.1, -0.05) is 60.7 Å². The molecule has 166 valence electrons. The number of nitrogens with zero attached hydrogens (tertiary/aromatic N) is 2. The lowest BCUT2D eigenvalue weighted by molar-refractivity contribution is -0.133. The van der Waals surface area contributed by atoms with Crippen LogP contribution in [0.1, 0.15) is 28.5 Å². The number of benzene rings is 3. The van der Waals surface area contributed by atoms with Crippen LogP contribution in [-0.4, -0.2) is 26.8 Å². The highest BCUT2D eigenvalue weighted by molar-refractivity contribution is 6.03. The van der Waals surface area contributed by atoms with Crippen LogP contribution in [0.3, 0.4) is 0 Å². The Morgan fingerprint density at radius 1 is 0.970 bits per heavy atom. The highest BCUT2D eigenvalue weighted by Crippen LogP contribution is 2.33. The van der Waals surface area contributed by atoms with Crippen molar-refractivity contribution in [2.75, 3.05) is 0 Å². The Balaban J connectivity index is 1.54. The van der Waals surface area contributed by atoms with Crippen molar-refractivity contribution in [1.82, 2.24) is 14.8 Å². The molecule has 33 heavy (non-hydrogen) atoms. The fraction of sp³-hybridized carbons (Fsp3) is 0.185. The van der Waals surface area contributed by atoms with Gasteiger partial charge in [0.1, 0.15) is 17.1 Å². The molecular weight excluding hydrogens is 417 g/mol. The molecule has 0 aliphatic carbocycles. The number of fused-ring (bicyclic) bond motifs is 3. The zero-order valence-electron chi connectivity index (χ0n) is 18.3. The van der Waals surface area contributed by atoms with Gasteiger partial charge >= 0.3 is 0 Å². The summed E-state index contributed by atoms with van der Waals surface area (Å²) in [5, 5.41) is 3.95. The number of carbonyl (C=O) groups is 2. The van der Waals surface area contributed by atoms with Crippen molar-refractivity contribution < 1.29 is 14.0 Å². The van der Waals surface area contributed by atoms with Crippen LogP contribution in [-0.2, 0) is 24.4 Å². The molecule has 1 atom stereocenters. The zero-order valence-corrected chi connectivity index (χ0v) is 18.3. The maximum absolute atomic E-state index is 13.9. The monoisotopic (exact) mass is 441 g/mol. The first-order chi connectivity index (χ1) is 16.0. The number of rotatable bonds is 5. The molecule has 1 N–H and O–H groups in total. The molecule has 4 aromatic rings. The van der Waals surface area contributed by atoms with Gasteiger partial charge in [0, 0.05) is 24.0 Å². The van der Waals surface area contributed by atoms with Crippen LogP contribution >= 0.6 is 0 Å². The summed E-state index contributed by atoms with van der Waals surface area (Å²) < 4.78 is 15.8. The summed E-state index contributed by atoms with van der Waals surface area (Å²) in [6, 6.07) is 25.4. The van der Waals surface area contributed by atoms with Crippen LogP contribution < -0.4 is 5.32 Å². The van der Waals surface area contributed by atoms with E-state index in [0.29, 0.717) is 24.3 Å². The normalized spacial score (nSPS) is 17.8. The Labute approximate surface area is 191 Å². The average Bonchev–Trinajstić information content (AvgIpc) is 3.19. The maximum Gasteiger partial charge on any atom is 0.271 e. The molecule has 1 unspecified atom stereocenters. The van der Waals surface area contributed by atoms with Crippen molar-refractivity contribution in [1.29, 1.82) is 0 Å². The smallest absolute Gasteiger partial charge is 0.271 e. The van der Waals surface area contributed by atoms with Gasteiger partial charge < -0.3 is 14.8 Å². The van der Waals surface area contributed by atoms with E-state index >= 15 is 0 Å². The second-order valence-corrected chi connectivity index (χ2v) is 8.64. The molecule has 0 saturated heterocycles. The van der Waals surface area contributed by atoms with Crippen molar-refractivity contribution in [2.45, 2.75) is 32.1 Å². The standard InChI is InChI=1S/C27H24FN3O2/c1-27(26(33)29-16-19-8-3-2-4-9-19)18-30-23-13-6-5-11-21(23)15-24(30)25(32)31(27)17-20-10-7-12-22(28)14-20/h2-15H,16-18H2,1H3,(H,29,33). The molecule has 1 aliphatic heterocycles. The number of carbonyl (C=O) groups excluding carboxylic acids is 2. The Morgan fingerprint density at radius 2 is 1.70 bits per heavy atom. The van der Waals surface area contributed by atoms with Gasteiger partial charge in [0.05, 0.1) is 6.54 Å². The number of hydrogen-bond acceptors (Lipinski definition) is 2. The van der Waals surface area contributed by atoms with Crippen LogP contribution in [0.5, 0.6) is 0 Å². The second kappa shape index (κ2) is 8.20. The van der Waals surface area contributed by atoms with Crippen LogP contribution in [0.25, 0.3) is 10.9 Å². The third-order valence-electron chi connectivity index (χ3n) is 6.35. The number of hydrogen-bond donors (Lipinski definition) is 1. The highest BCUT2D eigenvalue weighted by Gasteiger charge is 2.47. The van der Waals surface area contributed by atoms with E-state index in [-0.39, 0.29) is 24.2 Å². The molecule has 1 aromatic heterocycles. The van der Waals surface area contributed by atoms with E-state index in [1.54, 1.807) is 24.0 Å². The zero-order chi connectivity index (χ0) is 23.0. The summed E-state index contributed by atoms with van der Waals surface area (Å²) in [6.45, 7) is 2.57. The quantitative estimate of drug-likeness (QED) is 0.495. The summed E-state index contributed by atoms with van der Waals surface area (Å²) in [7, 11) is 0. The average molecular weight is 442 g/mol. The molecule has 0 fully saturated rings. The van der Waals surface area contributed by atoms with Crippen molar-refractivity contribution in [3.05, 3.63) is 108 Å². The van der Waals surface area contributed by atoms with E-state index in [1.165, 1.54) is 12.1 Å². The molecular formula is C27H24FN3O2. The molecule has 5 rings (SSSR count). The Kier molecular flexibility index (Phi) is 5.21. The van der Waals surface area contributed by atoms with E-state index in [4.69, 9.17) is 0 Å². The molecule has 1 aliphatic rings. The number of halogens is 1. The molecule has 0 spiro atoms. The van der Waals surface area contributed by atoms with E-state index in [1.807, 2.05) is 65.2 Å². The molecule has 2 heterocycles. The van der Waals surface area contributed by atoms with Gasteiger partial charge in [0.25, 0.3) is 5.91 Å². The van der Waals surface area contributed by atoms with Crippen LogP contribution in [0.4, 0.5) is 4.39 Å². The SMILES string of the molecule is CC1(C(=O)NCc2ccccc2)Cn2c(cc3ccccc32)C(=O)N1Cc1cccc(F)c1. The van der Waals surface area contributed by atoms with Gasteiger partial charge in [-0.3, -0.25) is 9.59 Å². The first kappa shape index (κ1) is 20.9. The second-order valence-electron chi connectivity index (χ2n) is 8.64. The van der Waals surface area contributed by atoms with Crippen molar-refractivity contribution in [2.24, 2.45) is 0 Å². The fourth-order valence-electron chi connectivity index (χ4n) is 4.54. The number of nitrogens with one attached hydrogen (secondary N) is 1. The number of amides is 2. The van der Waals surface area contributed by atoms with Gasteiger partial charge in [-0.2, -0.15) is 0 Å². The predicted molar refractivity (Wildman–Crippen MR) is 125 cm³/mol. The lowest BCUT2D eigenvalue weighted by Crippen LogP contribution is -2.63. The lowest BCUT2D eigenvalue weighted by Gasteiger charge is -2.44. The third kappa shape index (κ3) is 3.78. The van der Waals surface area contributed by atoms with Gasteiger partial charge in [0.2, 0.25) is 5.91 Å². The predicted octanol–water partition coefficient (Wildman–Crippen LogP) is 4.51. The molecule has 2 amide bonds. The van der Waals surface area contributed by atoms with E-state index in [9.17, 15) is 14.0 Å². The third-order valence-corrected chi connectivity index (χ3v) is 6.35. The minimum absolute atomic E-state index is 0.132. The van der Waals surface area contributed by atoms with Crippen molar-refractivity contribution in [3.8, 4) is 0 Å². The largest absolute Gasteiger partial charge is 0.350 e. The van der Waals surface area contributed by atoms with Crippen LogP contribution in [0.2, 0.25) is 0 Å². The van der Waals surface area contributed by atoms with E-state index in [2.05, 4.69) is 5.32 Å². The Bertz CT molecular complexity index is 1350. The Hall–Kier alpha value is -3.93. The maximum atomic E-state index is 13.9. The molecule has 0 saturated carbocycles. The molecule has 6 heteroatoms. The summed E-state index contributed by atoms with van der Waals surface area (Å²) in [5.74, 6) is -0.875. The molecule has 0 radical (unpaired) electrons. The lowest BCUT2D eigenvalue weighted by atomic mass is 9.93. The van der Waals surface area contributed by atoms with Gasteiger partial charge in [0.15, 0.2) is 0 Å². The van der Waals surface area contributed by atoms with E-state index < -0.39 is 5.54 Å². The Morgan fingerprint density at radius 3 is 2.48 bits per heavy atom. The van der Waals surface area contributed by atoms with Gasteiger partial charge in [-0.25, -0.2) is 4.39 Å². The van der Waals surface area contributed by atoms with E-state index in [0.717, 1.165) is 16.5 Å². The van der Waals surface area contributed by atoms with Gasteiger partial charge in [-0.05, 0) is 42.3 Å². The first-order valence-electron chi connectivity index (χ1n) is 10.9. The molecule has 3 aromatic carbocycles. The van der Waals surface area contributed by atoms with Crippen LogP contribution in [0, 0.1) is 5.82 Å². The summed E-state index contributed by atoms with van der Waals surface area (Å²) >= 11 is 0. The highest BCUT2D eigenvalue weighted by atomic mass is 19.1. The van der Waals surface area contributed by atoms with Crippen molar-refractivity contribution in [3.63, 3.8) is 0 Å². The van der Waals surface area contributed by atoms with Crippen molar-refractivity contribution >= 4 is 22.7 Å². The van der Waals surface area contributed by atoms with Gasteiger partial charge in [-0.15, -0.1) is 0 Å². The summed E-state index contributed by atoms with van der Waals surface area (Å²) in [5.41, 5.74) is 1.89. The number of para-hydroxylation sites is 1. The molecule has 5 nitrogen and oxygen atoms in total. The molecule has 0 bridgehead atoms. The minimum atomic E-state index is -1.16. The topological polar surface area (TPSA) is 54.3 Å². The number of aromatic nitrogens is 1. The summed E-state index contributed by atoms with van der Waals surface area (Å²) in [6.07, 6.45) is 0. The minimum Gasteiger partial charge on any atom is -0.350 e. The van der Waals surface area contributed by atoms with Crippen LogP contribution in [0.15, 0.2) is 84.9 Å². The first-order valence-corrected chi connectivity index (χ1v) is 10.9.